The van der Waals surface area contributed by atoms with E-state index in [1.165, 1.54) is 6.07 Å². The molecule has 0 radical (unpaired) electrons. The van der Waals surface area contributed by atoms with Gasteiger partial charge in [0.15, 0.2) is 0 Å². The summed E-state index contributed by atoms with van der Waals surface area (Å²) in [5, 5.41) is 5.19. The van der Waals surface area contributed by atoms with Gasteiger partial charge in [-0.1, -0.05) is 6.07 Å². The Morgan fingerprint density at radius 1 is 1.25 bits per heavy atom. The molecule has 110 valence electrons. The van der Waals surface area contributed by atoms with E-state index in [1.54, 1.807) is 32.9 Å². The second-order valence-corrected chi connectivity index (χ2v) is 5.20. The van der Waals surface area contributed by atoms with Crippen LogP contribution in [-0.4, -0.2) is 30.4 Å². The Kier molecular flexibility index (Phi) is 5.21. The number of carbonyl (C=O) groups is 2. The number of nitrogens with two attached hydrogens (primary N) is 1. The first-order valence-electron chi connectivity index (χ1n) is 6.33. The second kappa shape index (κ2) is 6.47. The quantitative estimate of drug-likeness (QED) is 0.695. The molecule has 0 heterocycles. The SMILES string of the molecule is Cc1ccc(C(=O)NCCNC(=O)C(C)(C)N)cc1F. The molecule has 0 unspecified atom stereocenters. The molecule has 5 nitrogen and oxygen atoms in total. The van der Waals surface area contributed by atoms with Crippen LogP contribution >= 0.6 is 0 Å². The summed E-state index contributed by atoms with van der Waals surface area (Å²) in [5.41, 5.74) is 5.38. The van der Waals surface area contributed by atoms with Gasteiger partial charge in [-0.2, -0.15) is 0 Å². The van der Waals surface area contributed by atoms with Gasteiger partial charge >= 0.3 is 0 Å². The fraction of sp³-hybridized carbons (Fsp3) is 0.429. The zero-order chi connectivity index (χ0) is 15.3. The van der Waals surface area contributed by atoms with Gasteiger partial charge in [-0.05, 0) is 38.5 Å². The molecule has 4 N–H and O–H groups in total. The summed E-state index contributed by atoms with van der Waals surface area (Å²) >= 11 is 0. The lowest BCUT2D eigenvalue weighted by atomic mass is 10.1. The predicted molar refractivity (Wildman–Crippen MR) is 74.7 cm³/mol. The molecule has 0 bridgehead atoms. The standard InChI is InChI=1S/C14H20FN3O2/c1-9-4-5-10(8-11(9)15)12(19)17-6-7-18-13(20)14(2,3)16/h4-5,8H,6-7,16H2,1-3H3,(H,17,19)(H,18,20). The molecular weight excluding hydrogens is 261 g/mol. The van der Waals surface area contributed by atoms with Gasteiger partial charge in [-0.25, -0.2) is 4.39 Å². The maximum absolute atomic E-state index is 13.3. The molecule has 0 fully saturated rings. The maximum atomic E-state index is 13.3. The normalized spacial score (nSPS) is 11.1. The summed E-state index contributed by atoms with van der Waals surface area (Å²) in [5.74, 6) is -1.10. The van der Waals surface area contributed by atoms with Crippen LogP contribution in [0.2, 0.25) is 0 Å². The number of hydrogen-bond acceptors (Lipinski definition) is 3. The van der Waals surface area contributed by atoms with E-state index in [2.05, 4.69) is 10.6 Å². The number of rotatable bonds is 5. The number of amides is 2. The maximum Gasteiger partial charge on any atom is 0.251 e. The topological polar surface area (TPSA) is 84.2 Å². The summed E-state index contributed by atoms with van der Waals surface area (Å²) in [4.78, 5) is 23.2. The first kappa shape index (κ1) is 16.1. The van der Waals surface area contributed by atoms with Gasteiger partial charge in [0, 0.05) is 18.7 Å². The van der Waals surface area contributed by atoms with Crippen molar-refractivity contribution in [3.63, 3.8) is 0 Å². The lowest BCUT2D eigenvalue weighted by Crippen LogP contribution is -2.50. The molecule has 0 aliphatic rings. The minimum absolute atomic E-state index is 0.246. The number of hydrogen-bond donors (Lipinski definition) is 3. The molecule has 0 spiro atoms. The first-order chi connectivity index (χ1) is 9.21. The van der Waals surface area contributed by atoms with Crippen LogP contribution in [0.3, 0.4) is 0 Å². The summed E-state index contributed by atoms with van der Waals surface area (Å²) < 4.78 is 13.3. The monoisotopic (exact) mass is 281 g/mol. The third-order valence-corrected chi connectivity index (χ3v) is 2.72. The van der Waals surface area contributed by atoms with Crippen LogP contribution in [0.25, 0.3) is 0 Å². The predicted octanol–water partition coefficient (Wildman–Crippen LogP) is 0.717. The average Bonchev–Trinajstić information content (AvgIpc) is 2.36. The molecule has 20 heavy (non-hydrogen) atoms. The second-order valence-electron chi connectivity index (χ2n) is 5.20. The zero-order valence-corrected chi connectivity index (χ0v) is 11.9. The van der Waals surface area contributed by atoms with Crippen LogP contribution in [0.1, 0.15) is 29.8 Å². The molecule has 6 heteroatoms. The summed E-state index contributed by atoms with van der Waals surface area (Å²) in [6, 6.07) is 4.28. The van der Waals surface area contributed by atoms with E-state index in [0.29, 0.717) is 5.56 Å². The Hall–Kier alpha value is -1.95. The molecular formula is C14H20FN3O2. The number of halogens is 1. The highest BCUT2D eigenvalue weighted by molar-refractivity contribution is 5.94. The third-order valence-electron chi connectivity index (χ3n) is 2.72. The van der Waals surface area contributed by atoms with E-state index >= 15 is 0 Å². The van der Waals surface area contributed by atoms with E-state index < -0.39 is 11.4 Å². The van der Waals surface area contributed by atoms with Crippen molar-refractivity contribution < 1.29 is 14.0 Å². The molecule has 1 rings (SSSR count). The minimum Gasteiger partial charge on any atom is -0.353 e. The van der Waals surface area contributed by atoms with Gasteiger partial charge in [0.2, 0.25) is 5.91 Å². The molecule has 0 aliphatic carbocycles. The van der Waals surface area contributed by atoms with Crippen molar-refractivity contribution in [2.75, 3.05) is 13.1 Å². The van der Waals surface area contributed by atoms with E-state index in [1.807, 2.05) is 0 Å². The van der Waals surface area contributed by atoms with E-state index in [0.717, 1.165) is 0 Å². The molecule has 0 saturated carbocycles. The molecule has 1 aromatic rings. The van der Waals surface area contributed by atoms with Crippen LogP contribution in [0.4, 0.5) is 4.39 Å². The first-order valence-corrected chi connectivity index (χ1v) is 6.33. The van der Waals surface area contributed by atoms with Gasteiger partial charge in [0.1, 0.15) is 5.82 Å². The lowest BCUT2D eigenvalue weighted by Gasteiger charge is -2.17. The highest BCUT2D eigenvalue weighted by atomic mass is 19.1. The largest absolute Gasteiger partial charge is 0.353 e. The number of aryl methyl sites for hydroxylation is 1. The average molecular weight is 281 g/mol. The summed E-state index contributed by atoms with van der Waals surface area (Å²) in [6.45, 7) is 5.32. The minimum atomic E-state index is -0.954. The van der Waals surface area contributed by atoms with E-state index in [9.17, 15) is 14.0 Å². The molecule has 0 atom stereocenters. The van der Waals surface area contributed by atoms with Crippen molar-refractivity contribution in [1.29, 1.82) is 0 Å². The Bertz CT molecular complexity index is 510. The Morgan fingerprint density at radius 3 is 2.40 bits per heavy atom. The third kappa shape index (κ3) is 4.62. The Morgan fingerprint density at radius 2 is 1.85 bits per heavy atom. The van der Waals surface area contributed by atoms with Crippen molar-refractivity contribution in [3.8, 4) is 0 Å². The highest BCUT2D eigenvalue weighted by Crippen LogP contribution is 2.08. The van der Waals surface area contributed by atoms with Crippen LogP contribution in [0, 0.1) is 12.7 Å². The van der Waals surface area contributed by atoms with Gasteiger partial charge in [-0.15, -0.1) is 0 Å². The number of carbonyl (C=O) groups excluding carboxylic acids is 2. The van der Waals surface area contributed by atoms with Crippen molar-refractivity contribution in [3.05, 3.63) is 35.1 Å². The van der Waals surface area contributed by atoms with Crippen LogP contribution in [-0.2, 0) is 4.79 Å². The van der Waals surface area contributed by atoms with Crippen LogP contribution in [0.5, 0.6) is 0 Å². The molecule has 2 amide bonds. The Labute approximate surface area is 117 Å². The van der Waals surface area contributed by atoms with Gasteiger partial charge < -0.3 is 16.4 Å². The van der Waals surface area contributed by atoms with E-state index in [4.69, 9.17) is 5.73 Å². The van der Waals surface area contributed by atoms with Gasteiger partial charge in [0.05, 0.1) is 5.54 Å². The lowest BCUT2D eigenvalue weighted by molar-refractivity contribution is -0.125. The molecule has 0 aliphatic heterocycles. The van der Waals surface area contributed by atoms with Crippen molar-refractivity contribution in [2.24, 2.45) is 5.73 Å². The molecule has 0 saturated heterocycles. The summed E-state index contributed by atoms with van der Waals surface area (Å²) in [7, 11) is 0. The number of benzene rings is 1. The van der Waals surface area contributed by atoms with Crippen LogP contribution in [0.15, 0.2) is 18.2 Å². The molecule has 1 aromatic carbocycles. The van der Waals surface area contributed by atoms with Crippen molar-refractivity contribution in [1.82, 2.24) is 10.6 Å². The summed E-state index contributed by atoms with van der Waals surface area (Å²) in [6.07, 6.45) is 0. The smallest absolute Gasteiger partial charge is 0.251 e. The fourth-order valence-electron chi connectivity index (χ4n) is 1.42. The van der Waals surface area contributed by atoms with Gasteiger partial charge in [0.25, 0.3) is 5.91 Å². The van der Waals surface area contributed by atoms with E-state index in [-0.39, 0.29) is 30.5 Å². The van der Waals surface area contributed by atoms with Crippen molar-refractivity contribution in [2.45, 2.75) is 26.3 Å². The van der Waals surface area contributed by atoms with Crippen molar-refractivity contribution >= 4 is 11.8 Å². The molecule has 0 aromatic heterocycles. The van der Waals surface area contributed by atoms with Gasteiger partial charge in [-0.3, -0.25) is 9.59 Å². The van der Waals surface area contributed by atoms with Crippen LogP contribution < -0.4 is 16.4 Å². The Balaban J connectivity index is 2.41. The highest BCUT2D eigenvalue weighted by Gasteiger charge is 2.20. The zero-order valence-electron chi connectivity index (χ0n) is 11.9. The number of nitrogens with one attached hydrogen (secondary N) is 2. The fourth-order valence-corrected chi connectivity index (χ4v) is 1.42.